The van der Waals surface area contributed by atoms with Crippen molar-refractivity contribution in [3.8, 4) is 0 Å². The van der Waals surface area contributed by atoms with Gasteiger partial charge in [-0.05, 0) is 42.8 Å². The summed E-state index contributed by atoms with van der Waals surface area (Å²) in [5.74, 6) is 0. The molecule has 0 fully saturated rings. The molecule has 0 amide bonds. The molecule has 3 aromatic carbocycles. The summed E-state index contributed by atoms with van der Waals surface area (Å²) >= 11 is 0. The lowest BCUT2D eigenvalue weighted by atomic mass is 10.1. The highest BCUT2D eigenvalue weighted by Crippen LogP contribution is 2.29. The normalized spacial score (nSPS) is 11.9. The third-order valence-electron chi connectivity index (χ3n) is 5.27. The number of fused-ring (bicyclic) bond motifs is 4. The first-order chi connectivity index (χ1) is 14.2. The van der Waals surface area contributed by atoms with Crippen LogP contribution in [0.25, 0.3) is 32.6 Å². The minimum atomic E-state index is -0.367. The maximum atomic E-state index is 12.2. The number of rotatable bonds is 3. The smallest absolute Gasteiger partial charge is 0.272 e. The van der Waals surface area contributed by atoms with Crippen molar-refractivity contribution in [2.75, 3.05) is 0 Å². The molecule has 2 N–H and O–H groups in total. The minimum absolute atomic E-state index is 0.288. The molecule has 2 aromatic heterocycles. The zero-order valence-electron chi connectivity index (χ0n) is 15.8. The van der Waals surface area contributed by atoms with E-state index in [1.807, 2.05) is 12.1 Å². The largest absolute Gasteiger partial charge is 0.341 e. The van der Waals surface area contributed by atoms with Gasteiger partial charge in [-0.1, -0.05) is 30.3 Å². The molecule has 0 saturated carbocycles. The summed E-state index contributed by atoms with van der Waals surface area (Å²) in [6, 6.07) is 19.6. The molecular formula is C23H18N4O2. The van der Waals surface area contributed by atoms with E-state index >= 15 is 0 Å². The van der Waals surface area contributed by atoms with E-state index in [1.165, 1.54) is 21.8 Å². The molecule has 0 unspecified atom stereocenters. The lowest BCUT2D eigenvalue weighted by molar-refractivity contribution is 0.827. The van der Waals surface area contributed by atoms with Crippen LogP contribution >= 0.6 is 0 Å². The highest BCUT2D eigenvalue weighted by Gasteiger charge is 2.10. The quantitative estimate of drug-likeness (QED) is 0.461. The average molecular weight is 382 g/mol. The molecule has 5 rings (SSSR count). The molecule has 0 spiro atoms. The van der Waals surface area contributed by atoms with Crippen LogP contribution in [0.1, 0.15) is 12.5 Å². The SMILES string of the molecule is CCn1c2ccccc2c2cc(C=Nc3cccc4c(=O)[nH][nH]c(=O)c34)ccc21. The van der Waals surface area contributed by atoms with Crippen molar-refractivity contribution in [2.45, 2.75) is 13.5 Å². The van der Waals surface area contributed by atoms with Crippen LogP contribution < -0.4 is 11.1 Å². The summed E-state index contributed by atoms with van der Waals surface area (Å²) in [7, 11) is 0. The van der Waals surface area contributed by atoms with Crippen LogP contribution in [-0.2, 0) is 6.54 Å². The fourth-order valence-corrected chi connectivity index (χ4v) is 3.96. The van der Waals surface area contributed by atoms with Crippen LogP contribution in [0.2, 0.25) is 0 Å². The second-order valence-electron chi connectivity index (χ2n) is 6.90. The number of hydrogen-bond donors (Lipinski definition) is 2. The van der Waals surface area contributed by atoms with Gasteiger partial charge in [0.1, 0.15) is 0 Å². The Bertz CT molecular complexity index is 1540. The summed E-state index contributed by atoms with van der Waals surface area (Å²) in [4.78, 5) is 28.7. The maximum Gasteiger partial charge on any atom is 0.272 e. The number of benzene rings is 3. The van der Waals surface area contributed by atoms with Gasteiger partial charge >= 0.3 is 0 Å². The van der Waals surface area contributed by atoms with Gasteiger partial charge in [-0.15, -0.1) is 0 Å². The number of aromatic amines is 2. The fourth-order valence-electron chi connectivity index (χ4n) is 3.96. The van der Waals surface area contributed by atoms with Gasteiger partial charge in [0, 0.05) is 34.6 Å². The van der Waals surface area contributed by atoms with E-state index in [0.717, 1.165) is 12.1 Å². The van der Waals surface area contributed by atoms with Crippen molar-refractivity contribution in [1.82, 2.24) is 14.8 Å². The van der Waals surface area contributed by atoms with E-state index in [2.05, 4.69) is 57.0 Å². The van der Waals surface area contributed by atoms with E-state index in [4.69, 9.17) is 0 Å². The Morgan fingerprint density at radius 1 is 0.862 bits per heavy atom. The molecule has 0 aliphatic rings. The van der Waals surface area contributed by atoms with E-state index in [1.54, 1.807) is 24.4 Å². The number of hydrogen-bond acceptors (Lipinski definition) is 3. The van der Waals surface area contributed by atoms with Crippen molar-refractivity contribution in [3.05, 3.63) is 86.9 Å². The molecular weight excluding hydrogens is 364 g/mol. The molecule has 0 aliphatic heterocycles. The Morgan fingerprint density at radius 2 is 1.62 bits per heavy atom. The second kappa shape index (κ2) is 6.60. The number of para-hydroxylation sites is 1. The molecule has 6 nitrogen and oxygen atoms in total. The molecule has 0 saturated heterocycles. The molecule has 5 aromatic rings. The van der Waals surface area contributed by atoms with Gasteiger partial charge in [-0.25, -0.2) is 0 Å². The second-order valence-corrected chi connectivity index (χ2v) is 6.90. The Morgan fingerprint density at radius 3 is 2.48 bits per heavy atom. The predicted molar refractivity (Wildman–Crippen MR) is 118 cm³/mol. The minimum Gasteiger partial charge on any atom is -0.341 e. The van der Waals surface area contributed by atoms with Crippen molar-refractivity contribution < 1.29 is 0 Å². The Kier molecular flexibility index (Phi) is 3.91. The Labute approximate surface area is 165 Å². The standard InChI is InChI=1S/C23H18N4O2/c1-2-27-19-9-4-3-6-15(19)17-12-14(10-11-20(17)27)13-24-18-8-5-7-16-21(18)23(29)26-25-22(16)28/h3-13H,2H2,1H3,(H,25,28)(H,26,29). The maximum absolute atomic E-state index is 12.2. The number of aliphatic imine (C=N–C) groups is 1. The van der Waals surface area contributed by atoms with Gasteiger partial charge in [-0.3, -0.25) is 24.8 Å². The number of aryl methyl sites for hydroxylation is 1. The van der Waals surface area contributed by atoms with Crippen LogP contribution in [-0.4, -0.2) is 21.0 Å². The first-order valence-corrected chi connectivity index (χ1v) is 9.46. The van der Waals surface area contributed by atoms with Gasteiger partial charge in [0.2, 0.25) is 0 Å². The monoisotopic (exact) mass is 382 g/mol. The van der Waals surface area contributed by atoms with E-state index < -0.39 is 0 Å². The highest BCUT2D eigenvalue weighted by atomic mass is 16.1. The van der Waals surface area contributed by atoms with Crippen LogP contribution in [0.4, 0.5) is 5.69 Å². The first-order valence-electron chi connectivity index (χ1n) is 9.46. The summed E-state index contributed by atoms with van der Waals surface area (Å²) < 4.78 is 2.29. The van der Waals surface area contributed by atoms with Gasteiger partial charge in [0.25, 0.3) is 11.1 Å². The third kappa shape index (κ3) is 2.69. The molecule has 0 radical (unpaired) electrons. The molecule has 29 heavy (non-hydrogen) atoms. The Balaban J connectivity index is 1.67. The van der Waals surface area contributed by atoms with Crippen molar-refractivity contribution >= 4 is 44.5 Å². The summed E-state index contributed by atoms with van der Waals surface area (Å²) in [5.41, 5.74) is 3.07. The van der Waals surface area contributed by atoms with Gasteiger partial charge in [0.15, 0.2) is 0 Å². The number of nitrogens with one attached hydrogen (secondary N) is 2. The van der Waals surface area contributed by atoms with Crippen LogP contribution in [0.3, 0.4) is 0 Å². The topological polar surface area (TPSA) is 83.0 Å². The van der Waals surface area contributed by atoms with Crippen molar-refractivity contribution in [1.29, 1.82) is 0 Å². The summed E-state index contributed by atoms with van der Waals surface area (Å²) in [6.07, 6.45) is 1.73. The predicted octanol–water partition coefficient (Wildman–Crippen LogP) is 4.09. The molecule has 0 bridgehead atoms. The van der Waals surface area contributed by atoms with Crippen molar-refractivity contribution in [2.24, 2.45) is 4.99 Å². The molecule has 0 atom stereocenters. The zero-order chi connectivity index (χ0) is 20.0. The van der Waals surface area contributed by atoms with E-state index in [9.17, 15) is 9.59 Å². The number of aromatic nitrogens is 3. The summed E-state index contributed by atoms with van der Waals surface area (Å²) in [6.45, 7) is 3.03. The molecule has 0 aliphatic carbocycles. The highest BCUT2D eigenvalue weighted by molar-refractivity contribution is 6.09. The van der Waals surface area contributed by atoms with Crippen molar-refractivity contribution in [3.63, 3.8) is 0 Å². The molecule has 2 heterocycles. The lowest BCUT2D eigenvalue weighted by Gasteiger charge is -2.03. The van der Waals surface area contributed by atoms with Gasteiger partial charge in [-0.2, -0.15) is 0 Å². The summed E-state index contributed by atoms with van der Waals surface area (Å²) in [5, 5.41) is 7.69. The van der Waals surface area contributed by atoms with E-state index in [0.29, 0.717) is 11.1 Å². The van der Waals surface area contributed by atoms with Crippen LogP contribution in [0.5, 0.6) is 0 Å². The zero-order valence-corrected chi connectivity index (χ0v) is 15.8. The number of H-pyrrole nitrogens is 2. The van der Waals surface area contributed by atoms with Gasteiger partial charge < -0.3 is 4.57 Å². The van der Waals surface area contributed by atoms with Crippen LogP contribution in [0, 0.1) is 0 Å². The van der Waals surface area contributed by atoms with Gasteiger partial charge in [0.05, 0.1) is 16.5 Å². The lowest BCUT2D eigenvalue weighted by Crippen LogP contribution is -2.18. The first kappa shape index (κ1) is 17.2. The molecule has 6 heteroatoms. The Hall–Kier alpha value is -3.93. The third-order valence-corrected chi connectivity index (χ3v) is 5.27. The number of nitrogens with zero attached hydrogens (tertiary/aromatic N) is 2. The van der Waals surface area contributed by atoms with E-state index in [-0.39, 0.29) is 16.5 Å². The fraction of sp³-hybridized carbons (Fsp3) is 0.0870. The van der Waals surface area contributed by atoms with Crippen LogP contribution in [0.15, 0.2) is 75.2 Å². The molecule has 142 valence electrons. The average Bonchev–Trinajstić information content (AvgIpc) is 3.08.